The fourth-order valence-electron chi connectivity index (χ4n) is 2.00. The minimum atomic E-state index is 0.349. The van der Waals surface area contributed by atoms with Crippen molar-refractivity contribution in [3.63, 3.8) is 0 Å². The molecule has 0 aliphatic rings. The van der Waals surface area contributed by atoms with Gasteiger partial charge in [-0.2, -0.15) is 5.26 Å². The Balaban J connectivity index is 2.00. The molecule has 2 heteroatoms. The van der Waals surface area contributed by atoms with Gasteiger partial charge in [0.1, 0.15) is 6.61 Å². The van der Waals surface area contributed by atoms with Crippen LogP contribution in [0.3, 0.4) is 0 Å². The molecule has 0 N–H and O–H groups in total. The number of hydrogen-bond acceptors (Lipinski definition) is 2. The van der Waals surface area contributed by atoms with Crippen molar-refractivity contribution < 1.29 is 4.74 Å². The first kappa shape index (κ1) is 13.2. The number of rotatable bonds is 5. The molecule has 96 valence electrons. The summed E-state index contributed by atoms with van der Waals surface area (Å²) >= 11 is 0. The molecule has 0 amide bonds. The van der Waals surface area contributed by atoms with Crippen LogP contribution >= 0.6 is 0 Å². The van der Waals surface area contributed by atoms with Crippen molar-refractivity contribution in [1.29, 1.82) is 5.26 Å². The molecule has 0 radical (unpaired) electrons. The van der Waals surface area contributed by atoms with Crippen molar-refractivity contribution in [2.24, 2.45) is 0 Å². The average Bonchev–Trinajstić information content (AvgIpc) is 2.47. The van der Waals surface area contributed by atoms with Crippen LogP contribution in [0.25, 0.3) is 0 Å². The molecule has 0 aliphatic carbocycles. The molecule has 0 saturated heterocycles. The Morgan fingerprint density at radius 2 is 1.32 bits per heavy atom. The van der Waals surface area contributed by atoms with E-state index in [1.165, 1.54) is 16.7 Å². The van der Waals surface area contributed by atoms with Gasteiger partial charge in [0, 0.05) is 0 Å². The summed E-state index contributed by atoms with van der Waals surface area (Å²) in [6, 6.07) is 16.9. The summed E-state index contributed by atoms with van der Waals surface area (Å²) in [4.78, 5) is 0. The van der Waals surface area contributed by atoms with Gasteiger partial charge >= 0.3 is 0 Å². The SMILES string of the molecule is CCc1ccc(Cc2ccc(COC#N)cc2)cc1. The quantitative estimate of drug-likeness (QED) is 0.756. The second-order valence-electron chi connectivity index (χ2n) is 4.54. The predicted octanol–water partition coefficient (Wildman–Crippen LogP) is 3.84. The Labute approximate surface area is 114 Å². The minimum Gasteiger partial charge on any atom is -0.423 e. The second kappa shape index (κ2) is 6.61. The molecule has 0 bridgehead atoms. The highest BCUT2D eigenvalue weighted by Gasteiger charge is 1.98. The maximum atomic E-state index is 8.35. The number of hydrogen-bond donors (Lipinski definition) is 0. The first-order chi connectivity index (χ1) is 9.31. The summed E-state index contributed by atoms with van der Waals surface area (Å²) in [7, 11) is 0. The van der Waals surface area contributed by atoms with Gasteiger partial charge in [-0.15, -0.1) is 0 Å². The molecule has 0 fully saturated rings. The van der Waals surface area contributed by atoms with Gasteiger partial charge in [-0.1, -0.05) is 55.5 Å². The summed E-state index contributed by atoms with van der Waals surface area (Å²) in [5.41, 5.74) is 4.97. The lowest BCUT2D eigenvalue weighted by atomic mass is 10.0. The number of ether oxygens (including phenoxy) is 1. The maximum Gasteiger partial charge on any atom is 0.286 e. The lowest BCUT2D eigenvalue weighted by Crippen LogP contribution is -1.91. The Morgan fingerprint density at radius 1 is 0.842 bits per heavy atom. The first-order valence-electron chi connectivity index (χ1n) is 6.48. The largest absolute Gasteiger partial charge is 0.423 e. The zero-order valence-electron chi connectivity index (χ0n) is 11.1. The van der Waals surface area contributed by atoms with Crippen molar-refractivity contribution in [2.75, 3.05) is 0 Å². The first-order valence-corrected chi connectivity index (χ1v) is 6.48. The van der Waals surface area contributed by atoms with Crippen LogP contribution in [0.5, 0.6) is 0 Å². The fourth-order valence-corrected chi connectivity index (χ4v) is 2.00. The highest BCUT2D eigenvalue weighted by molar-refractivity contribution is 5.30. The van der Waals surface area contributed by atoms with Gasteiger partial charge in [0.15, 0.2) is 0 Å². The van der Waals surface area contributed by atoms with Crippen molar-refractivity contribution >= 4 is 0 Å². The van der Waals surface area contributed by atoms with E-state index in [9.17, 15) is 0 Å². The van der Waals surface area contributed by atoms with Crippen molar-refractivity contribution in [3.05, 3.63) is 70.8 Å². The van der Waals surface area contributed by atoms with E-state index in [4.69, 9.17) is 10.00 Å². The normalized spacial score (nSPS) is 9.89. The van der Waals surface area contributed by atoms with E-state index >= 15 is 0 Å². The van der Waals surface area contributed by atoms with Gasteiger partial charge in [0.25, 0.3) is 6.26 Å². The monoisotopic (exact) mass is 251 g/mol. The molecule has 0 saturated carbocycles. The summed E-state index contributed by atoms with van der Waals surface area (Å²) in [6.45, 7) is 2.51. The van der Waals surface area contributed by atoms with Gasteiger partial charge in [0.05, 0.1) is 0 Å². The lowest BCUT2D eigenvalue weighted by Gasteiger charge is -2.05. The predicted molar refractivity (Wildman–Crippen MR) is 75.5 cm³/mol. The Bertz CT molecular complexity index is 549. The smallest absolute Gasteiger partial charge is 0.286 e. The molecule has 2 aromatic carbocycles. The van der Waals surface area contributed by atoms with Crippen LogP contribution < -0.4 is 0 Å². The number of benzene rings is 2. The molecule has 2 aromatic rings. The van der Waals surface area contributed by atoms with Crippen LogP contribution in [0, 0.1) is 11.5 Å². The Hall–Kier alpha value is -2.27. The zero-order chi connectivity index (χ0) is 13.5. The number of nitrogens with zero attached hydrogens (tertiary/aromatic N) is 1. The molecule has 2 rings (SSSR count). The van der Waals surface area contributed by atoms with E-state index in [-0.39, 0.29) is 0 Å². The molecule has 0 aromatic heterocycles. The van der Waals surface area contributed by atoms with Crippen LogP contribution in [-0.4, -0.2) is 0 Å². The van der Waals surface area contributed by atoms with Gasteiger partial charge in [-0.3, -0.25) is 0 Å². The van der Waals surface area contributed by atoms with E-state index in [1.54, 1.807) is 6.26 Å². The molecule has 0 unspecified atom stereocenters. The van der Waals surface area contributed by atoms with Crippen molar-refractivity contribution in [2.45, 2.75) is 26.4 Å². The third-order valence-corrected chi connectivity index (χ3v) is 3.17. The maximum absolute atomic E-state index is 8.35. The van der Waals surface area contributed by atoms with Crippen LogP contribution in [-0.2, 0) is 24.2 Å². The van der Waals surface area contributed by atoms with Crippen LogP contribution in [0.4, 0.5) is 0 Å². The summed E-state index contributed by atoms with van der Waals surface area (Å²) < 4.78 is 4.71. The third-order valence-electron chi connectivity index (χ3n) is 3.17. The number of nitriles is 1. The van der Waals surface area contributed by atoms with Gasteiger partial charge in [0.2, 0.25) is 0 Å². The molecular formula is C17H17NO. The Morgan fingerprint density at radius 3 is 1.79 bits per heavy atom. The topological polar surface area (TPSA) is 33.0 Å². The molecule has 0 atom stereocenters. The summed E-state index contributed by atoms with van der Waals surface area (Å²) in [5, 5.41) is 8.35. The van der Waals surface area contributed by atoms with E-state index in [1.807, 2.05) is 12.1 Å². The van der Waals surface area contributed by atoms with Crippen LogP contribution in [0.2, 0.25) is 0 Å². The molecular weight excluding hydrogens is 234 g/mol. The molecule has 0 spiro atoms. The minimum absolute atomic E-state index is 0.349. The summed E-state index contributed by atoms with van der Waals surface area (Å²) in [5.74, 6) is 0. The van der Waals surface area contributed by atoms with Gasteiger partial charge < -0.3 is 4.74 Å². The van der Waals surface area contributed by atoms with Crippen molar-refractivity contribution in [1.82, 2.24) is 0 Å². The van der Waals surface area contributed by atoms with Crippen LogP contribution in [0.15, 0.2) is 48.5 Å². The highest BCUT2D eigenvalue weighted by atomic mass is 16.5. The molecule has 0 aliphatic heterocycles. The van der Waals surface area contributed by atoms with E-state index in [2.05, 4.69) is 43.3 Å². The zero-order valence-corrected chi connectivity index (χ0v) is 11.1. The Kier molecular flexibility index (Phi) is 4.58. The van der Waals surface area contributed by atoms with E-state index in [0.717, 1.165) is 18.4 Å². The molecule has 19 heavy (non-hydrogen) atoms. The van der Waals surface area contributed by atoms with E-state index < -0.39 is 0 Å². The lowest BCUT2D eigenvalue weighted by molar-refractivity contribution is 0.257. The van der Waals surface area contributed by atoms with Gasteiger partial charge in [-0.25, -0.2) is 0 Å². The highest BCUT2D eigenvalue weighted by Crippen LogP contribution is 2.12. The van der Waals surface area contributed by atoms with Crippen molar-refractivity contribution in [3.8, 4) is 6.26 Å². The standard InChI is InChI=1S/C17H17NO/c1-2-14-3-5-15(6-4-14)11-16-7-9-17(10-8-16)12-19-13-18/h3-10H,2,11-12H2,1H3. The fraction of sp³-hybridized carbons (Fsp3) is 0.235. The average molecular weight is 251 g/mol. The van der Waals surface area contributed by atoms with Gasteiger partial charge in [-0.05, 0) is 35.1 Å². The van der Waals surface area contributed by atoms with E-state index in [0.29, 0.717) is 6.61 Å². The third kappa shape index (κ3) is 3.86. The molecule has 2 nitrogen and oxygen atoms in total. The molecule has 0 heterocycles. The number of aryl methyl sites for hydroxylation is 1. The summed E-state index contributed by atoms with van der Waals surface area (Å²) in [6.07, 6.45) is 3.69. The second-order valence-corrected chi connectivity index (χ2v) is 4.54. The van der Waals surface area contributed by atoms with Crippen LogP contribution in [0.1, 0.15) is 29.2 Å².